The molecule has 1 amide bonds. The lowest BCUT2D eigenvalue weighted by atomic mass is 9.93. The molecule has 9 heteroatoms. The number of phenols is 1. The number of fused-ring (bicyclic) bond motifs is 2. The van der Waals surface area contributed by atoms with Crippen molar-refractivity contribution >= 4 is 23.8 Å². The molecular formula is C30H42FNO7. The third kappa shape index (κ3) is 7.39. The molecule has 1 saturated heterocycles. The number of benzene rings is 1. The maximum atomic E-state index is 15.3. The van der Waals surface area contributed by atoms with Gasteiger partial charge in [-0.1, -0.05) is 26.0 Å². The van der Waals surface area contributed by atoms with Gasteiger partial charge in [0.05, 0.1) is 17.9 Å². The minimum Gasteiger partial charge on any atom is -0.507 e. The Bertz CT molecular complexity index is 1140. The summed E-state index contributed by atoms with van der Waals surface area (Å²) in [6, 6.07) is 2.97. The predicted octanol–water partition coefficient (Wildman–Crippen LogP) is 6.76. The Morgan fingerprint density at radius 1 is 1.21 bits per heavy atom. The molecular weight excluding hydrogens is 505 g/mol. The van der Waals surface area contributed by atoms with Gasteiger partial charge in [-0.25, -0.2) is 14.0 Å². The molecule has 0 aliphatic carbocycles. The number of hydrogen-bond acceptors (Lipinski definition) is 7. The number of carbonyl (C=O) groups is 2. The third-order valence-corrected chi connectivity index (χ3v) is 6.85. The Balaban J connectivity index is 2.09. The molecule has 8 nitrogen and oxygen atoms in total. The summed E-state index contributed by atoms with van der Waals surface area (Å²) in [4.78, 5) is 27.5. The van der Waals surface area contributed by atoms with Crippen molar-refractivity contribution in [3.63, 3.8) is 0 Å². The van der Waals surface area contributed by atoms with Crippen molar-refractivity contribution in [2.45, 2.75) is 98.4 Å². The van der Waals surface area contributed by atoms with E-state index >= 15 is 4.39 Å². The van der Waals surface area contributed by atoms with E-state index in [9.17, 15) is 14.7 Å². The van der Waals surface area contributed by atoms with Crippen LogP contribution in [-0.2, 0) is 18.9 Å². The van der Waals surface area contributed by atoms with Gasteiger partial charge in [0.2, 0.25) is 0 Å². The third-order valence-electron chi connectivity index (χ3n) is 6.85. The topological polar surface area (TPSA) is 94.5 Å². The van der Waals surface area contributed by atoms with Gasteiger partial charge in [0.15, 0.2) is 5.79 Å². The predicted molar refractivity (Wildman–Crippen MR) is 147 cm³/mol. The molecule has 1 N–H and O–H groups in total. The first kappa shape index (κ1) is 30.6. The normalized spacial score (nSPS) is 29.6. The number of cyclic esters (lactones) is 1. The molecule has 2 aliphatic rings. The van der Waals surface area contributed by atoms with Gasteiger partial charge in [-0.15, -0.1) is 0 Å². The number of phenolic OH excluding ortho intramolecular Hbond substituents is 1. The van der Waals surface area contributed by atoms with E-state index in [1.54, 1.807) is 80.5 Å². The molecule has 2 heterocycles. The van der Waals surface area contributed by atoms with Crippen LogP contribution >= 0.6 is 0 Å². The largest absolute Gasteiger partial charge is 0.507 e. The summed E-state index contributed by atoms with van der Waals surface area (Å²) in [5.41, 5.74) is -0.0422. The van der Waals surface area contributed by atoms with Crippen LogP contribution in [0.5, 0.6) is 5.75 Å². The molecule has 0 spiro atoms. The van der Waals surface area contributed by atoms with Crippen molar-refractivity contribution in [2.24, 2.45) is 11.8 Å². The van der Waals surface area contributed by atoms with Crippen LogP contribution in [0.4, 0.5) is 14.9 Å². The van der Waals surface area contributed by atoms with Gasteiger partial charge in [-0.05, 0) is 72.6 Å². The molecule has 1 fully saturated rings. The highest BCUT2D eigenvalue weighted by Gasteiger charge is 2.44. The zero-order valence-corrected chi connectivity index (χ0v) is 24.4. The average Bonchev–Trinajstić information content (AvgIpc) is 3.10. The SMILES string of the molecule is CCN(C(=O)OC(C)(C)C)c1cc(O)c2c(c1)/C=C/C[C@@H]1OC(C)(C)O[C@@H]1[C@H](C)/C(F)=C\[C@@H](C)[C@H](C)OC2=O. The average molecular weight is 548 g/mol. The Labute approximate surface area is 230 Å². The first-order chi connectivity index (χ1) is 18.0. The van der Waals surface area contributed by atoms with Crippen LogP contribution in [0, 0.1) is 11.8 Å². The number of nitrogens with zero attached hydrogens (tertiary/aromatic N) is 1. The van der Waals surface area contributed by atoms with Crippen LogP contribution in [-0.4, -0.2) is 53.4 Å². The maximum absolute atomic E-state index is 15.3. The van der Waals surface area contributed by atoms with Crippen LogP contribution < -0.4 is 4.90 Å². The Kier molecular flexibility index (Phi) is 9.17. The van der Waals surface area contributed by atoms with E-state index in [-0.39, 0.29) is 23.7 Å². The van der Waals surface area contributed by atoms with E-state index in [2.05, 4.69) is 0 Å². The fraction of sp³-hybridized carbons (Fsp3) is 0.600. The number of anilines is 1. The second-order valence-electron chi connectivity index (χ2n) is 11.7. The van der Waals surface area contributed by atoms with Gasteiger partial charge in [0.1, 0.15) is 28.8 Å². The van der Waals surface area contributed by atoms with Gasteiger partial charge in [-0.2, -0.15) is 0 Å². The Morgan fingerprint density at radius 3 is 2.49 bits per heavy atom. The fourth-order valence-corrected chi connectivity index (χ4v) is 4.71. The fourth-order valence-electron chi connectivity index (χ4n) is 4.71. The molecule has 0 saturated carbocycles. The lowest BCUT2D eigenvalue weighted by Gasteiger charge is -2.27. The van der Waals surface area contributed by atoms with Crippen LogP contribution in [0.3, 0.4) is 0 Å². The van der Waals surface area contributed by atoms with Crippen LogP contribution in [0.1, 0.15) is 84.7 Å². The van der Waals surface area contributed by atoms with E-state index < -0.39 is 53.6 Å². The number of halogens is 1. The quantitative estimate of drug-likeness (QED) is 0.409. The number of carbonyl (C=O) groups excluding carboxylic acids is 2. The number of esters is 1. The van der Waals surface area contributed by atoms with Crippen molar-refractivity contribution in [1.29, 1.82) is 0 Å². The van der Waals surface area contributed by atoms with E-state index in [4.69, 9.17) is 18.9 Å². The monoisotopic (exact) mass is 547 g/mol. The molecule has 0 radical (unpaired) electrons. The summed E-state index contributed by atoms with van der Waals surface area (Å²) in [6.45, 7) is 16.1. The zero-order chi connectivity index (χ0) is 29.3. The standard InChI is InChI=1S/C30H42FNO7/c1-10-32(28(35)39-29(5,6)7)21-15-20-12-11-13-24-26(38-30(8,9)37-24)18(3)22(31)14-17(2)19(4)36-27(34)25(20)23(33)16-21/h11-12,14-19,24,26,33H,10,13H2,1-9H3/b12-11+,22-14+/t17-,18-,19+,24+,26-/m1/s1. The smallest absolute Gasteiger partial charge is 0.414 e. The van der Waals surface area contributed by atoms with E-state index in [1.165, 1.54) is 17.0 Å². The Morgan fingerprint density at radius 2 is 1.87 bits per heavy atom. The highest BCUT2D eigenvalue weighted by Crippen LogP contribution is 2.38. The van der Waals surface area contributed by atoms with Crippen LogP contribution in [0.15, 0.2) is 30.1 Å². The number of ether oxygens (including phenoxy) is 4. The molecule has 1 aromatic rings. The minimum atomic E-state index is -0.887. The van der Waals surface area contributed by atoms with Crippen LogP contribution in [0.2, 0.25) is 0 Å². The summed E-state index contributed by atoms with van der Waals surface area (Å²) in [7, 11) is 0. The number of aromatic hydroxyl groups is 1. The summed E-state index contributed by atoms with van der Waals surface area (Å²) < 4.78 is 38.6. The molecule has 3 rings (SSSR count). The van der Waals surface area contributed by atoms with Crippen molar-refractivity contribution in [3.8, 4) is 5.75 Å². The molecule has 2 aliphatic heterocycles. The second kappa shape index (κ2) is 11.7. The summed E-state index contributed by atoms with van der Waals surface area (Å²) in [5.74, 6) is -3.37. The van der Waals surface area contributed by atoms with Gasteiger partial charge >= 0.3 is 12.1 Å². The van der Waals surface area contributed by atoms with Crippen molar-refractivity contribution in [2.75, 3.05) is 11.4 Å². The van der Waals surface area contributed by atoms with E-state index in [1.807, 2.05) is 0 Å². The number of rotatable bonds is 2. The molecule has 5 atom stereocenters. The van der Waals surface area contributed by atoms with E-state index in [0.29, 0.717) is 17.7 Å². The van der Waals surface area contributed by atoms with Crippen molar-refractivity contribution in [3.05, 3.63) is 41.2 Å². The van der Waals surface area contributed by atoms with Gasteiger partial charge in [0.25, 0.3) is 0 Å². The second-order valence-corrected chi connectivity index (χ2v) is 11.7. The van der Waals surface area contributed by atoms with E-state index in [0.717, 1.165) is 0 Å². The number of hydrogen-bond donors (Lipinski definition) is 1. The van der Waals surface area contributed by atoms with Crippen molar-refractivity contribution in [1.82, 2.24) is 0 Å². The van der Waals surface area contributed by atoms with Crippen molar-refractivity contribution < 1.29 is 38.0 Å². The minimum absolute atomic E-state index is 0.0513. The summed E-state index contributed by atoms with van der Waals surface area (Å²) in [6.07, 6.45) is 3.03. The molecule has 216 valence electrons. The Hall–Kier alpha value is -2.91. The molecule has 0 bridgehead atoms. The molecule has 0 unspecified atom stereocenters. The first-order valence-electron chi connectivity index (χ1n) is 13.5. The molecule has 0 aromatic heterocycles. The highest BCUT2D eigenvalue weighted by atomic mass is 19.1. The summed E-state index contributed by atoms with van der Waals surface area (Å²) >= 11 is 0. The highest BCUT2D eigenvalue weighted by molar-refractivity contribution is 5.99. The molecule has 39 heavy (non-hydrogen) atoms. The molecule has 1 aromatic carbocycles. The van der Waals surface area contributed by atoms with Gasteiger partial charge in [0, 0.05) is 24.4 Å². The number of amides is 1. The van der Waals surface area contributed by atoms with Gasteiger partial charge in [-0.3, -0.25) is 4.90 Å². The van der Waals surface area contributed by atoms with Gasteiger partial charge < -0.3 is 24.1 Å². The lowest BCUT2D eigenvalue weighted by Crippen LogP contribution is -2.36. The van der Waals surface area contributed by atoms with Crippen LogP contribution in [0.25, 0.3) is 6.08 Å². The maximum Gasteiger partial charge on any atom is 0.414 e. The first-order valence-corrected chi connectivity index (χ1v) is 13.5. The zero-order valence-electron chi connectivity index (χ0n) is 24.4. The lowest BCUT2D eigenvalue weighted by molar-refractivity contribution is -0.149. The summed E-state index contributed by atoms with van der Waals surface area (Å²) in [5, 5.41) is 11.0.